The van der Waals surface area contributed by atoms with Crippen molar-refractivity contribution in [3.8, 4) is 23.2 Å². The highest BCUT2D eigenvalue weighted by atomic mass is 32.2. The minimum absolute atomic E-state index is 0.115. The summed E-state index contributed by atoms with van der Waals surface area (Å²) in [6.07, 6.45) is 12.9. The van der Waals surface area contributed by atoms with Gasteiger partial charge in [0.15, 0.2) is 5.82 Å². The Labute approximate surface area is 279 Å². The molecule has 15 heteroatoms. The average Bonchev–Trinajstić information content (AvgIpc) is 3.86. The number of hydrogen-bond acceptors (Lipinski definition) is 13. The first-order valence-corrected chi connectivity index (χ1v) is 17.7. The van der Waals surface area contributed by atoms with E-state index in [2.05, 4.69) is 63.9 Å². The summed E-state index contributed by atoms with van der Waals surface area (Å²) in [4.78, 5) is 27.1. The normalized spacial score (nSPS) is 18.2. The first-order valence-electron chi connectivity index (χ1n) is 16.2. The Hall–Kier alpha value is -4.49. The molecule has 4 aromatic rings. The Kier molecular flexibility index (Phi) is 9.06. The number of nitrogens with zero attached hydrogens (tertiary/aromatic N) is 9. The molecule has 14 nitrogen and oxygen atoms in total. The lowest BCUT2D eigenvalue weighted by Crippen LogP contribution is -2.40. The highest BCUT2D eigenvalue weighted by Crippen LogP contribution is 2.35. The second kappa shape index (κ2) is 13.6. The van der Waals surface area contributed by atoms with Gasteiger partial charge in [-0.15, -0.1) is 0 Å². The predicted octanol–water partition coefficient (Wildman–Crippen LogP) is 2.44. The minimum Gasteiger partial charge on any atom is -0.396 e. The summed E-state index contributed by atoms with van der Waals surface area (Å²) < 4.78 is 31.6. The summed E-state index contributed by atoms with van der Waals surface area (Å²) in [6, 6.07) is 3.66. The van der Waals surface area contributed by atoms with Gasteiger partial charge in [-0.3, -0.25) is 4.90 Å². The molecule has 0 bridgehead atoms. The number of morpholine rings is 1. The van der Waals surface area contributed by atoms with Crippen LogP contribution in [0.1, 0.15) is 49.6 Å². The number of aliphatic hydroxyl groups is 1. The van der Waals surface area contributed by atoms with Crippen molar-refractivity contribution in [2.24, 2.45) is 5.41 Å². The molecule has 3 aliphatic rings. The standard InChI is InChI=1S/C33H38N10O4S/c1-33(23-44)7-10-42(11-8-33)28-16-31(37-19-25(28)2-5-29-35-17-24(18-36-29)21-41-12-14-47-15-13-41)39-30-6-9-34-32(40-30)26-20-38-43(22-26)48(45,46)27-3-4-27/h6,9,16-20,22,27,44H,3-4,7-8,10-15,21,23H2,1H3,(H,34,37,39,40). The van der Waals surface area contributed by atoms with Gasteiger partial charge < -0.3 is 20.1 Å². The fraction of sp³-hybridized carbons (Fsp3) is 0.455. The van der Waals surface area contributed by atoms with Crippen LogP contribution in [0, 0.1) is 17.3 Å². The van der Waals surface area contributed by atoms with Crippen molar-refractivity contribution in [1.29, 1.82) is 0 Å². The number of piperidine rings is 1. The van der Waals surface area contributed by atoms with Crippen LogP contribution >= 0.6 is 0 Å². The Morgan fingerprint density at radius 3 is 2.50 bits per heavy atom. The van der Waals surface area contributed by atoms with Crippen LogP contribution in [0.5, 0.6) is 0 Å². The lowest BCUT2D eigenvalue weighted by atomic mass is 9.81. The highest BCUT2D eigenvalue weighted by Gasteiger charge is 2.37. The van der Waals surface area contributed by atoms with Crippen molar-refractivity contribution in [1.82, 2.24) is 39.0 Å². The number of aromatic nitrogens is 7. The molecule has 48 heavy (non-hydrogen) atoms. The van der Waals surface area contributed by atoms with Gasteiger partial charge in [-0.1, -0.05) is 12.8 Å². The molecule has 250 valence electrons. The summed E-state index contributed by atoms with van der Waals surface area (Å²) in [5, 5.41) is 16.9. The maximum absolute atomic E-state index is 12.6. The predicted molar refractivity (Wildman–Crippen MR) is 179 cm³/mol. The van der Waals surface area contributed by atoms with Crippen LogP contribution in [0.2, 0.25) is 0 Å². The van der Waals surface area contributed by atoms with Crippen molar-refractivity contribution in [3.63, 3.8) is 0 Å². The van der Waals surface area contributed by atoms with E-state index < -0.39 is 10.0 Å². The molecule has 3 fully saturated rings. The second-order valence-corrected chi connectivity index (χ2v) is 14.9. The Balaban J connectivity index is 1.11. The zero-order valence-corrected chi connectivity index (χ0v) is 27.6. The molecular weight excluding hydrogens is 632 g/mol. The van der Waals surface area contributed by atoms with Crippen LogP contribution in [0.4, 0.5) is 17.3 Å². The fourth-order valence-electron chi connectivity index (χ4n) is 5.73. The molecule has 6 heterocycles. The van der Waals surface area contributed by atoms with E-state index in [-0.39, 0.29) is 17.3 Å². The number of pyridine rings is 1. The average molecular weight is 671 g/mol. The van der Waals surface area contributed by atoms with Crippen LogP contribution in [-0.4, -0.2) is 104 Å². The van der Waals surface area contributed by atoms with E-state index in [9.17, 15) is 13.5 Å². The van der Waals surface area contributed by atoms with E-state index in [4.69, 9.17) is 4.74 Å². The van der Waals surface area contributed by atoms with E-state index in [0.717, 1.165) is 79.7 Å². The molecule has 1 saturated carbocycles. The fourth-order valence-corrected chi connectivity index (χ4v) is 7.21. The van der Waals surface area contributed by atoms with Crippen LogP contribution in [0.15, 0.2) is 49.3 Å². The lowest BCUT2D eigenvalue weighted by molar-refractivity contribution is 0.0341. The largest absolute Gasteiger partial charge is 0.396 e. The number of anilines is 3. The van der Waals surface area contributed by atoms with Crippen LogP contribution in [-0.2, 0) is 21.3 Å². The van der Waals surface area contributed by atoms with Crippen LogP contribution < -0.4 is 10.2 Å². The number of ether oxygens (including phenoxy) is 1. The third kappa shape index (κ3) is 7.31. The first-order chi connectivity index (χ1) is 23.3. The topological polar surface area (TPSA) is 164 Å². The summed E-state index contributed by atoms with van der Waals surface area (Å²) in [7, 11) is -3.49. The zero-order valence-electron chi connectivity index (χ0n) is 26.8. The van der Waals surface area contributed by atoms with Crippen molar-refractivity contribution >= 4 is 27.3 Å². The van der Waals surface area contributed by atoms with E-state index in [1.807, 2.05) is 18.5 Å². The third-order valence-electron chi connectivity index (χ3n) is 9.04. The van der Waals surface area contributed by atoms with E-state index in [1.165, 1.54) is 12.4 Å². The summed E-state index contributed by atoms with van der Waals surface area (Å²) in [6.45, 7) is 7.83. The van der Waals surface area contributed by atoms with E-state index >= 15 is 0 Å². The second-order valence-electron chi connectivity index (χ2n) is 12.8. The van der Waals surface area contributed by atoms with Gasteiger partial charge in [-0.2, -0.15) is 9.19 Å². The van der Waals surface area contributed by atoms with Gasteiger partial charge in [-0.05, 0) is 43.1 Å². The number of rotatable bonds is 9. The van der Waals surface area contributed by atoms with Gasteiger partial charge in [-0.25, -0.2) is 33.3 Å². The zero-order chi connectivity index (χ0) is 33.1. The molecule has 2 aliphatic heterocycles. The van der Waals surface area contributed by atoms with E-state index in [0.29, 0.717) is 41.7 Å². The van der Waals surface area contributed by atoms with Gasteiger partial charge in [0.05, 0.1) is 47.7 Å². The quantitative estimate of drug-likeness (QED) is 0.250. The van der Waals surface area contributed by atoms with Crippen molar-refractivity contribution in [3.05, 3.63) is 66.3 Å². The molecular formula is C33H38N10O4S. The number of aliphatic hydroxyl groups excluding tert-OH is 1. The molecule has 0 spiro atoms. The lowest BCUT2D eigenvalue weighted by Gasteiger charge is -2.39. The SMILES string of the molecule is CC1(CO)CCN(c2cc(Nc3ccnc(-c4cnn(S(=O)(=O)C5CC5)c4)n3)ncc2C#Cc2ncc(CN3CCOCC3)cn2)CC1. The Morgan fingerprint density at radius 2 is 1.77 bits per heavy atom. The monoisotopic (exact) mass is 670 g/mol. The molecule has 0 amide bonds. The summed E-state index contributed by atoms with van der Waals surface area (Å²) in [5.74, 6) is 8.19. The van der Waals surface area contributed by atoms with Crippen LogP contribution in [0.25, 0.3) is 11.4 Å². The highest BCUT2D eigenvalue weighted by molar-refractivity contribution is 7.90. The summed E-state index contributed by atoms with van der Waals surface area (Å²) >= 11 is 0. The molecule has 0 unspecified atom stereocenters. The van der Waals surface area contributed by atoms with Gasteiger partial charge in [0.25, 0.3) is 10.0 Å². The van der Waals surface area contributed by atoms with Gasteiger partial charge in [0, 0.05) is 75.7 Å². The Morgan fingerprint density at radius 1 is 1.00 bits per heavy atom. The molecule has 0 aromatic carbocycles. The van der Waals surface area contributed by atoms with Gasteiger partial charge >= 0.3 is 0 Å². The van der Waals surface area contributed by atoms with Crippen molar-refractivity contribution in [2.75, 3.05) is 56.2 Å². The molecule has 2 saturated heterocycles. The maximum Gasteiger partial charge on any atom is 0.256 e. The maximum atomic E-state index is 12.6. The molecule has 4 aromatic heterocycles. The van der Waals surface area contributed by atoms with Gasteiger partial charge in [0.2, 0.25) is 5.82 Å². The van der Waals surface area contributed by atoms with Crippen molar-refractivity contribution in [2.45, 2.75) is 44.4 Å². The minimum atomic E-state index is -3.49. The Bertz CT molecular complexity index is 1920. The third-order valence-corrected chi connectivity index (χ3v) is 11.1. The van der Waals surface area contributed by atoms with Crippen molar-refractivity contribution < 1.29 is 18.3 Å². The van der Waals surface area contributed by atoms with Gasteiger partial charge in [0.1, 0.15) is 11.6 Å². The molecule has 7 rings (SSSR count). The van der Waals surface area contributed by atoms with Crippen LogP contribution in [0.3, 0.4) is 0 Å². The summed E-state index contributed by atoms with van der Waals surface area (Å²) in [5.41, 5.74) is 3.06. The number of nitrogens with one attached hydrogen (secondary N) is 1. The number of hydrogen-bond donors (Lipinski definition) is 2. The molecule has 1 aliphatic carbocycles. The first kappa shape index (κ1) is 32.1. The molecule has 0 atom stereocenters. The smallest absolute Gasteiger partial charge is 0.256 e. The molecule has 2 N–H and O–H groups in total. The van der Waals surface area contributed by atoms with E-state index in [1.54, 1.807) is 18.5 Å². The molecule has 0 radical (unpaired) electrons.